The van der Waals surface area contributed by atoms with Gasteiger partial charge in [0.15, 0.2) is 0 Å². The molecule has 1 N–H and O–H groups in total. The summed E-state index contributed by atoms with van der Waals surface area (Å²) in [6.07, 6.45) is 0. The molecule has 0 aromatic carbocycles. The number of rotatable bonds is 3. The Labute approximate surface area is 90.8 Å². The zero-order valence-corrected chi connectivity index (χ0v) is 9.59. The van der Waals surface area contributed by atoms with Crippen LogP contribution >= 0.6 is 15.9 Å². The molecule has 0 fully saturated rings. The number of anilines is 1. The van der Waals surface area contributed by atoms with Crippen molar-refractivity contribution in [2.45, 2.75) is 6.92 Å². The molecule has 0 aliphatic rings. The number of nitrogens with zero attached hydrogens (tertiary/aromatic N) is 1. The molecule has 1 heterocycles. The van der Waals surface area contributed by atoms with Crippen LogP contribution in [0.3, 0.4) is 0 Å². The van der Waals surface area contributed by atoms with Gasteiger partial charge >= 0.3 is 0 Å². The van der Waals surface area contributed by atoms with Crippen LogP contribution in [-0.2, 0) is 9.53 Å². The number of pyridine rings is 1. The molecule has 5 heteroatoms. The lowest BCUT2D eigenvalue weighted by Gasteiger charge is -2.06. The van der Waals surface area contributed by atoms with Crippen LogP contribution in [0.25, 0.3) is 0 Å². The molecule has 1 amide bonds. The van der Waals surface area contributed by atoms with Gasteiger partial charge in [0.05, 0.1) is 11.4 Å². The number of aromatic nitrogens is 1. The van der Waals surface area contributed by atoms with Crippen LogP contribution in [0.15, 0.2) is 16.7 Å². The summed E-state index contributed by atoms with van der Waals surface area (Å²) < 4.78 is 5.45. The third kappa shape index (κ3) is 3.08. The average Bonchev–Trinajstić information content (AvgIpc) is 2.10. The minimum atomic E-state index is -0.181. The summed E-state index contributed by atoms with van der Waals surface area (Å²) >= 11 is 3.24. The molecular weight excluding hydrogens is 248 g/mol. The second-order valence-electron chi connectivity index (χ2n) is 2.75. The molecule has 0 radical (unpaired) electrons. The van der Waals surface area contributed by atoms with Crippen molar-refractivity contribution in [1.29, 1.82) is 0 Å². The smallest absolute Gasteiger partial charge is 0.250 e. The number of amides is 1. The zero-order valence-electron chi connectivity index (χ0n) is 8.00. The summed E-state index contributed by atoms with van der Waals surface area (Å²) in [5.41, 5.74) is 1.47. The Hall–Kier alpha value is -0.940. The highest BCUT2D eigenvalue weighted by Gasteiger charge is 2.04. The summed E-state index contributed by atoms with van der Waals surface area (Å²) in [5.74, 6) is -0.181. The highest BCUT2D eigenvalue weighted by molar-refractivity contribution is 9.10. The lowest BCUT2D eigenvalue weighted by Crippen LogP contribution is -2.17. The van der Waals surface area contributed by atoms with Gasteiger partial charge in [0.2, 0.25) is 5.91 Å². The normalized spacial score (nSPS) is 9.93. The Morgan fingerprint density at radius 3 is 2.93 bits per heavy atom. The maximum Gasteiger partial charge on any atom is 0.250 e. The van der Waals surface area contributed by atoms with E-state index in [4.69, 9.17) is 4.74 Å². The van der Waals surface area contributed by atoms with Crippen molar-refractivity contribution in [1.82, 2.24) is 4.98 Å². The molecule has 0 unspecified atom stereocenters. The number of hydrogen-bond donors (Lipinski definition) is 1. The van der Waals surface area contributed by atoms with Crippen LogP contribution in [0, 0.1) is 6.92 Å². The van der Waals surface area contributed by atoms with Crippen molar-refractivity contribution in [2.24, 2.45) is 0 Å². The van der Waals surface area contributed by atoms with E-state index in [2.05, 4.69) is 26.2 Å². The van der Waals surface area contributed by atoms with Crippen molar-refractivity contribution < 1.29 is 9.53 Å². The molecule has 1 aromatic heterocycles. The van der Waals surface area contributed by atoms with Gasteiger partial charge in [0, 0.05) is 7.11 Å². The van der Waals surface area contributed by atoms with Gasteiger partial charge in [-0.2, -0.15) is 0 Å². The molecule has 0 atom stereocenters. The second-order valence-corrected chi connectivity index (χ2v) is 3.56. The maximum atomic E-state index is 11.2. The fraction of sp³-hybridized carbons (Fsp3) is 0.333. The van der Waals surface area contributed by atoms with Crippen LogP contribution in [0.1, 0.15) is 5.69 Å². The van der Waals surface area contributed by atoms with Crippen LogP contribution in [0.2, 0.25) is 0 Å². The van der Waals surface area contributed by atoms with Gasteiger partial charge in [-0.25, -0.2) is 4.98 Å². The predicted molar refractivity (Wildman–Crippen MR) is 57.2 cm³/mol. The Morgan fingerprint density at radius 2 is 2.36 bits per heavy atom. The number of halogens is 1. The van der Waals surface area contributed by atoms with E-state index in [0.717, 1.165) is 10.3 Å². The monoisotopic (exact) mass is 258 g/mol. The molecule has 0 aliphatic carbocycles. The molecule has 1 aromatic rings. The average molecular weight is 259 g/mol. The molecule has 1 rings (SSSR count). The number of aryl methyl sites for hydroxylation is 1. The van der Waals surface area contributed by atoms with E-state index in [1.165, 1.54) is 7.11 Å². The Balaban J connectivity index is 2.72. The first-order chi connectivity index (χ1) is 6.63. The van der Waals surface area contributed by atoms with E-state index in [-0.39, 0.29) is 12.5 Å². The summed E-state index contributed by atoms with van der Waals surface area (Å²) in [6, 6.07) is 3.56. The van der Waals surface area contributed by atoms with Crippen molar-refractivity contribution >= 4 is 27.5 Å². The molecule has 14 heavy (non-hydrogen) atoms. The van der Waals surface area contributed by atoms with Gasteiger partial charge in [-0.3, -0.25) is 4.79 Å². The van der Waals surface area contributed by atoms with Crippen LogP contribution in [-0.4, -0.2) is 24.6 Å². The zero-order chi connectivity index (χ0) is 10.6. The van der Waals surface area contributed by atoms with E-state index in [0.29, 0.717) is 5.69 Å². The largest absolute Gasteiger partial charge is 0.375 e. The van der Waals surface area contributed by atoms with Crippen molar-refractivity contribution in [2.75, 3.05) is 19.0 Å². The summed E-state index contributed by atoms with van der Waals surface area (Å²) in [6.45, 7) is 1.88. The van der Waals surface area contributed by atoms with Crippen LogP contribution in [0.5, 0.6) is 0 Å². The molecule has 76 valence electrons. The van der Waals surface area contributed by atoms with Crippen molar-refractivity contribution in [3.63, 3.8) is 0 Å². The molecule has 4 nitrogen and oxygen atoms in total. The van der Waals surface area contributed by atoms with Gasteiger partial charge in [-0.05, 0) is 35.0 Å². The molecule has 0 saturated heterocycles. The van der Waals surface area contributed by atoms with Crippen LogP contribution < -0.4 is 5.32 Å². The Bertz CT molecular complexity index is 342. The third-order valence-electron chi connectivity index (χ3n) is 1.60. The van der Waals surface area contributed by atoms with Gasteiger partial charge in [0.1, 0.15) is 11.2 Å². The van der Waals surface area contributed by atoms with E-state index in [1.807, 2.05) is 6.92 Å². The predicted octanol–water partition coefficient (Wildman–Crippen LogP) is 1.74. The van der Waals surface area contributed by atoms with Crippen molar-refractivity contribution in [3.8, 4) is 0 Å². The Morgan fingerprint density at radius 1 is 1.64 bits per heavy atom. The second kappa shape index (κ2) is 5.07. The first-order valence-corrected chi connectivity index (χ1v) is 4.84. The highest BCUT2D eigenvalue weighted by Crippen LogP contribution is 2.15. The van der Waals surface area contributed by atoms with E-state index < -0.39 is 0 Å². The van der Waals surface area contributed by atoms with E-state index >= 15 is 0 Å². The van der Waals surface area contributed by atoms with E-state index in [1.54, 1.807) is 12.1 Å². The molecule has 0 bridgehead atoms. The molecule has 0 saturated carbocycles. The Kier molecular flexibility index (Phi) is 4.03. The first kappa shape index (κ1) is 11.1. The number of methoxy groups -OCH3 is 1. The lowest BCUT2D eigenvalue weighted by atomic mass is 10.3. The van der Waals surface area contributed by atoms with Crippen molar-refractivity contribution in [3.05, 3.63) is 22.4 Å². The van der Waals surface area contributed by atoms with Gasteiger partial charge in [-0.15, -0.1) is 0 Å². The minimum absolute atomic E-state index is 0.0511. The van der Waals surface area contributed by atoms with Gasteiger partial charge in [0.25, 0.3) is 0 Å². The molecule has 0 spiro atoms. The first-order valence-electron chi connectivity index (χ1n) is 4.05. The minimum Gasteiger partial charge on any atom is -0.375 e. The maximum absolute atomic E-state index is 11.2. The fourth-order valence-corrected chi connectivity index (χ4v) is 1.38. The number of carbonyl (C=O) groups excluding carboxylic acids is 1. The quantitative estimate of drug-likeness (QED) is 0.841. The summed E-state index contributed by atoms with van der Waals surface area (Å²) in [7, 11) is 1.48. The topological polar surface area (TPSA) is 51.2 Å². The lowest BCUT2D eigenvalue weighted by molar-refractivity contribution is -0.119. The van der Waals surface area contributed by atoms with Crippen LogP contribution in [0.4, 0.5) is 5.69 Å². The molecule has 0 aliphatic heterocycles. The molecular formula is C9H11BrN2O2. The fourth-order valence-electron chi connectivity index (χ4n) is 0.980. The van der Waals surface area contributed by atoms with Gasteiger partial charge < -0.3 is 10.1 Å². The summed E-state index contributed by atoms with van der Waals surface area (Å²) in [4.78, 5) is 15.3. The van der Waals surface area contributed by atoms with E-state index in [9.17, 15) is 4.79 Å². The highest BCUT2D eigenvalue weighted by atomic mass is 79.9. The SMILES string of the molecule is COCC(=O)Nc1ccc(Br)nc1C. The summed E-state index contributed by atoms with van der Waals surface area (Å²) in [5, 5.41) is 2.69. The number of hydrogen-bond acceptors (Lipinski definition) is 3. The van der Waals surface area contributed by atoms with Gasteiger partial charge in [-0.1, -0.05) is 0 Å². The number of carbonyl (C=O) groups is 1. The number of ether oxygens (including phenoxy) is 1. The number of nitrogens with one attached hydrogen (secondary N) is 1. The standard InChI is InChI=1S/C9H11BrN2O2/c1-6-7(3-4-8(10)11-6)12-9(13)5-14-2/h3-4H,5H2,1-2H3,(H,12,13). The third-order valence-corrected chi connectivity index (χ3v) is 2.04.